The maximum Gasteiger partial charge on any atom is 0.194 e. The van der Waals surface area contributed by atoms with E-state index >= 15 is 0 Å². The number of nitrogens with two attached hydrogens (primary N) is 1. The first-order chi connectivity index (χ1) is 9.86. The molecule has 0 radical (unpaired) electrons. The van der Waals surface area contributed by atoms with E-state index < -0.39 is 29.3 Å². The van der Waals surface area contributed by atoms with Gasteiger partial charge in [0.25, 0.3) is 0 Å². The Bertz CT molecular complexity index is 673. The van der Waals surface area contributed by atoms with Crippen molar-refractivity contribution in [2.24, 2.45) is 5.84 Å². The van der Waals surface area contributed by atoms with Gasteiger partial charge in [-0.1, -0.05) is 17.7 Å². The SMILES string of the molecule is NNC(c1cc(F)c(F)c(F)c1)c1ccc(Br)c(Cl)c1F. The summed E-state index contributed by atoms with van der Waals surface area (Å²) < 4.78 is 54.0. The summed E-state index contributed by atoms with van der Waals surface area (Å²) in [6, 6.07) is 3.17. The summed E-state index contributed by atoms with van der Waals surface area (Å²) in [5.41, 5.74) is 2.12. The van der Waals surface area contributed by atoms with Gasteiger partial charge in [0, 0.05) is 10.0 Å². The topological polar surface area (TPSA) is 38.0 Å². The first-order valence-electron chi connectivity index (χ1n) is 5.60. The van der Waals surface area contributed by atoms with Gasteiger partial charge in [-0.05, 0) is 39.7 Å². The average Bonchev–Trinajstić information content (AvgIpc) is 2.45. The van der Waals surface area contributed by atoms with Crippen LogP contribution in [-0.2, 0) is 0 Å². The molecule has 0 amide bonds. The molecule has 8 heteroatoms. The minimum atomic E-state index is -1.61. The van der Waals surface area contributed by atoms with Crippen molar-refractivity contribution >= 4 is 27.5 Å². The zero-order valence-electron chi connectivity index (χ0n) is 10.2. The van der Waals surface area contributed by atoms with E-state index in [9.17, 15) is 17.6 Å². The van der Waals surface area contributed by atoms with E-state index in [1.165, 1.54) is 12.1 Å². The van der Waals surface area contributed by atoms with Gasteiger partial charge in [-0.15, -0.1) is 0 Å². The summed E-state index contributed by atoms with van der Waals surface area (Å²) in [6.45, 7) is 0. The van der Waals surface area contributed by atoms with Crippen LogP contribution in [0.15, 0.2) is 28.7 Å². The van der Waals surface area contributed by atoms with Crippen LogP contribution in [0.2, 0.25) is 5.02 Å². The third kappa shape index (κ3) is 3.06. The van der Waals surface area contributed by atoms with Gasteiger partial charge >= 0.3 is 0 Å². The average molecular weight is 384 g/mol. The Kier molecular flexibility index (Phi) is 4.88. The summed E-state index contributed by atoms with van der Waals surface area (Å²) in [6.07, 6.45) is 0. The predicted octanol–water partition coefficient (Wildman–Crippen LogP) is 4.21. The van der Waals surface area contributed by atoms with Crippen LogP contribution in [0.4, 0.5) is 17.6 Å². The Morgan fingerprint density at radius 2 is 1.62 bits per heavy atom. The van der Waals surface area contributed by atoms with E-state index in [0.717, 1.165) is 12.1 Å². The monoisotopic (exact) mass is 382 g/mol. The maximum absolute atomic E-state index is 14.1. The molecule has 0 spiro atoms. The fraction of sp³-hybridized carbons (Fsp3) is 0.0769. The standard InChI is InChI=1S/C13H8BrClF4N2/c14-7-2-1-6(11(18)10(7)15)13(21-20)5-3-8(16)12(19)9(17)4-5/h1-4,13,21H,20H2. The highest BCUT2D eigenvalue weighted by atomic mass is 79.9. The lowest BCUT2D eigenvalue weighted by atomic mass is 9.98. The number of halogens is 6. The molecule has 2 aromatic carbocycles. The van der Waals surface area contributed by atoms with Crippen molar-refractivity contribution in [2.45, 2.75) is 6.04 Å². The molecule has 3 N–H and O–H groups in total. The van der Waals surface area contributed by atoms with Crippen molar-refractivity contribution in [3.63, 3.8) is 0 Å². The molecular formula is C13H8BrClF4N2. The molecule has 0 saturated carbocycles. The Hall–Kier alpha value is -1.15. The van der Waals surface area contributed by atoms with Crippen molar-refractivity contribution in [1.29, 1.82) is 0 Å². The quantitative estimate of drug-likeness (QED) is 0.361. The van der Waals surface area contributed by atoms with Gasteiger partial charge in [-0.2, -0.15) is 0 Å². The Balaban J connectivity index is 2.58. The van der Waals surface area contributed by atoms with Crippen molar-refractivity contribution < 1.29 is 17.6 Å². The second-order valence-corrected chi connectivity index (χ2v) is 5.40. The lowest BCUT2D eigenvalue weighted by Gasteiger charge is -2.19. The molecule has 0 aliphatic carbocycles. The molecule has 0 aliphatic heterocycles. The maximum atomic E-state index is 14.1. The molecule has 0 aromatic heterocycles. The van der Waals surface area contributed by atoms with E-state index in [0.29, 0.717) is 4.47 Å². The summed E-state index contributed by atoms with van der Waals surface area (Å²) in [4.78, 5) is 0. The number of hydrogen-bond acceptors (Lipinski definition) is 2. The fourth-order valence-electron chi connectivity index (χ4n) is 1.87. The summed E-state index contributed by atoms with van der Waals surface area (Å²) in [7, 11) is 0. The van der Waals surface area contributed by atoms with Crippen molar-refractivity contribution in [3.05, 3.63) is 68.2 Å². The molecule has 112 valence electrons. The van der Waals surface area contributed by atoms with E-state index in [1.807, 2.05) is 0 Å². The lowest BCUT2D eigenvalue weighted by Crippen LogP contribution is -2.30. The highest BCUT2D eigenvalue weighted by molar-refractivity contribution is 9.10. The molecule has 1 atom stereocenters. The number of benzene rings is 2. The van der Waals surface area contributed by atoms with Gasteiger partial charge in [0.15, 0.2) is 17.5 Å². The van der Waals surface area contributed by atoms with Crippen LogP contribution >= 0.6 is 27.5 Å². The largest absolute Gasteiger partial charge is 0.271 e. The summed E-state index contributed by atoms with van der Waals surface area (Å²) in [5, 5.41) is -0.198. The molecule has 2 rings (SSSR count). The summed E-state index contributed by atoms with van der Waals surface area (Å²) in [5.74, 6) is 0.119. The highest BCUT2D eigenvalue weighted by Crippen LogP contribution is 2.33. The van der Waals surface area contributed by atoms with Crippen LogP contribution in [0.1, 0.15) is 17.2 Å². The first-order valence-corrected chi connectivity index (χ1v) is 6.77. The first kappa shape index (κ1) is 16.2. The van der Waals surface area contributed by atoms with E-state index in [-0.39, 0.29) is 16.1 Å². The second kappa shape index (κ2) is 6.31. The Labute approximate surface area is 131 Å². The number of rotatable bonds is 3. The zero-order chi connectivity index (χ0) is 15.7. The van der Waals surface area contributed by atoms with Gasteiger partial charge in [0.05, 0.1) is 11.1 Å². The van der Waals surface area contributed by atoms with Crippen LogP contribution < -0.4 is 11.3 Å². The third-order valence-electron chi connectivity index (χ3n) is 2.88. The van der Waals surface area contributed by atoms with E-state index in [2.05, 4.69) is 21.4 Å². The smallest absolute Gasteiger partial charge is 0.194 e. The molecule has 21 heavy (non-hydrogen) atoms. The van der Waals surface area contributed by atoms with Crippen molar-refractivity contribution in [1.82, 2.24) is 5.43 Å². The number of nitrogens with one attached hydrogen (secondary N) is 1. The fourth-order valence-corrected chi connectivity index (χ4v) is 2.35. The molecule has 0 fully saturated rings. The van der Waals surface area contributed by atoms with E-state index in [1.54, 1.807) is 0 Å². The molecule has 2 nitrogen and oxygen atoms in total. The van der Waals surface area contributed by atoms with Gasteiger partial charge in [-0.25, -0.2) is 23.0 Å². The molecule has 2 aromatic rings. The molecular weight excluding hydrogens is 376 g/mol. The second-order valence-electron chi connectivity index (χ2n) is 4.16. The lowest BCUT2D eigenvalue weighted by molar-refractivity contribution is 0.442. The van der Waals surface area contributed by atoms with Crippen LogP contribution in [-0.4, -0.2) is 0 Å². The van der Waals surface area contributed by atoms with Crippen LogP contribution in [0.3, 0.4) is 0 Å². The highest BCUT2D eigenvalue weighted by Gasteiger charge is 2.22. The summed E-state index contributed by atoms with van der Waals surface area (Å²) >= 11 is 8.81. The normalized spacial score (nSPS) is 12.5. The van der Waals surface area contributed by atoms with Crippen LogP contribution in [0.25, 0.3) is 0 Å². The molecule has 0 heterocycles. The van der Waals surface area contributed by atoms with E-state index in [4.69, 9.17) is 17.4 Å². The van der Waals surface area contributed by atoms with Crippen molar-refractivity contribution in [3.8, 4) is 0 Å². The molecule has 1 unspecified atom stereocenters. The third-order valence-corrected chi connectivity index (χ3v) is 4.14. The number of hydrazine groups is 1. The Morgan fingerprint density at radius 3 is 2.14 bits per heavy atom. The minimum absolute atomic E-state index is 0.0314. The minimum Gasteiger partial charge on any atom is -0.271 e. The van der Waals surface area contributed by atoms with Gasteiger partial charge in [0.1, 0.15) is 5.82 Å². The van der Waals surface area contributed by atoms with Gasteiger partial charge < -0.3 is 0 Å². The molecule has 0 bridgehead atoms. The molecule has 0 saturated heterocycles. The van der Waals surface area contributed by atoms with Gasteiger partial charge in [-0.3, -0.25) is 5.84 Å². The van der Waals surface area contributed by atoms with Gasteiger partial charge in [0.2, 0.25) is 0 Å². The Morgan fingerprint density at radius 1 is 1.05 bits per heavy atom. The predicted molar refractivity (Wildman–Crippen MR) is 74.6 cm³/mol. The van der Waals surface area contributed by atoms with Crippen LogP contribution in [0.5, 0.6) is 0 Å². The zero-order valence-corrected chi connectivity index (χ0v) is 12.6. The van der Waals surface area contributed by atoms with Crippen LogP contribution in [0, 0.1) is 23.3 Å². The molecule has 0 aliphatic rings. The van der Waals surface area contributed by atoms with Crippen molar-refractivity contribution in [2.75, 3.05) is 0 Å². The number of hydrogen-bond donors (Lipinski definition) is 2.